The third-order valence-corrected chi connectivity index (χ3v) is 4.31. The van der Waals surface area contributed by atoms with E-state index in [1.807, 2.05) is 42.3 Å². The van der Waals surface area contributed by atoms with Crippen molar-refractivity contribution in [2.24, 2.45) is 0 Å². The van der Waals surface area contributed by atoms with Crippen LogP contribution >= 0.6 is 0 Å². The molecule has 0 aliphatic rings. The van der Waals surface area contributed by atoms with Crippen molar-refractivity contribution in [3.05, 3.63) is 58.9 Å². The van der Waals surface area contributed by atoms with Gasteiger partial charge in [-0.15, -0.1) is 0 Å². The quantitative estimate of drug-likeness (QED) is 0.710. The number of nitrogen functional groups attached to an aromatic ring is 1. The number of aliphatic hydroxyl groups excluding tert-OH is 1. The molecule has 0 aromatic heterocycles. The second kappa shape index (κ2) is 9.18. The average molecular weight is 357 g/mol. The van der Waals surface area contributed by atoms with Crippen molar-refractivity contribution in [1.82, 2.24) is 4.90 Å². The van der Waals surface area contributed by atoms with Crippen molar-refractivity contribution in [2.75, 3.05) is 33.0 Å². The highest BCUT2D eigenvalue weighted by Gasteiger charge is 2.15. The van der Waals surface area contributed by atoms with Gasteiger partial charge in [0, 0.05) is 6.54 Å². The molecule has 2 aromatic carbocycles. The second-order valence-corrected chi connectivity index (χ2v) is 6.31. The zero-order chi connectivity index (χ0) is 19.1. The molecule has 0 radical (unpaired) electrons. The van der Waals surface area contributed by atoms with Crippen molar-refractivity contribution in [3.8, 4) is 11.8 Å². The van der Waals surface area contributed by atoms with Crippen molar-refractivity contribution in [2.45, 2.75) is 18.9 Å². The number of nitriles is 1. The lowest BCUT2D eigenvalue weighted by molar-refractivity contribution is 0.126. The van der Waals surface area contributed by atoms with Gasteiger partial charge in [-0.05, 0) is 61.8 Å². The van der Waals surface area contributed by atoms with Crippen LogP contribution in [-0.4, -0.2) is 37.3 Å². The summed E-state index contributed by atoms with van der Waals surface area (Å²) in [6.45, 7) is 1.13. The van der Waals surface area contributed by atoms with Crippen molar-refractivity contribution in [3.63, 3.8) is 0 Å². The molecule has 138 valence electrons. The summed E-state index contributed by atoms with van der Waals surface area (Å²) < 4.78 is 18.9. The number of aryl methyl sites for hydroxylation is 1. The number of nitrogens with two attached hydrogens (primary N) is 1. The number of nitrogens with zero attached hydrogens (tertiary/aromatic N) is 2. The maximum absolute atomic E-state index is 13.8. The predicted molar refractivity (Wildman–Crippen MR) is 99.3 cm³/mol. The first-order valence-electron chi connectivity index (χ1n) is 8.43. The number of anilines is 1. The van der Waals surface area contributed by atoms with Gasteiger partial charge in [-0.25, -0.2) is 4.39 Å². The Kier molecular flexibility index (Phi) is 6.96. The molecule has 2 rings (SSSR count). The van der Waals surface area contributed by atoms with E-state index < -0.39 is 11.9 Å². The van der Waals surface area contributed by atoms with Gasteiger partial charge in [-0.2, -0.15) is 5.26 Å². The number of rotatable bonds is 8. The summed E-state index contributed by atoms with van der Waals surface area (Å²) in [5.74, 6) is 0.154. The number of aliphatic hydroxyl groups is 1. The summed E-state index contributed by atoms with van der Waals surface area (Å²) in [5, 5.41) is 19.3. The maximum Gasteiger partial charge on any atom is 0.147 e. The molecule has 0 aliphatic heterocycles. The van der Waals surface area contributed by atoms with E-state index in [0.29, 0.717) is 12.1 Å². The molecule has 1 unspecified atom stereocenters. The number of ether oxygens (including phenoxy) is 1. The van der Waals surface area contributed by atoms with Gasteiger partial charge in [0.1, 0.15) is 17.6 Å². The lowest BCUT2D eigenvalue weighted by Gasteiger charge is -2.21. The van der Waals surface area contributed by atoms with Crippen LogP contribution < -0.4 is 10.5 Å². The van der Waals surface area contributed by atoms with Crippen molar-refractivity contribution >= 4 is 5.69 Å². The highest BCUT2D eigenvalue weighted by Crippen LogP contribution is 2.23. The van der Waals surface area contributed by atoms with Gasteiger partial charge in [-0.1, -0.05) is 12.1 Å². The Morgan fingerprint density at radius 3 is 2.62 bits per heavy atom. The van der Waals surface area contributed by atoms with Crippen LogP contribution in [0, 0.1) is 17.1 Å². The molecule has 0 amide bonds. The van der Waals surface area contributed by atoms with Crippen LogP contribution in [0.15, 0.2) is 36.4 Å². The van der Waals surface area contributed by atoms with Gasteiger partial charge in [0.15, 0.2) is 0 Å². The fraction of sp³-hybridized carbons (Fsp3) is 0.350. The van der Waals surface area contributed by atoms with Crippen LogP contribution in [0.1, 0.15) is 29.2 Å². The Hall–Kier alpha value is -2.62. The van der Waals surface area contributed by atoms with Gasteiger partial charge >= 0.3 is 0 Å². The third kappa shape index (κ3) is 5.19. The first-order valence-corrected chi connectivity index (χ1v) is 8.43. The minimum atomic E-state index is -0.886. The molecule has 0 aliphatic carbocycles. The summed E-state index contributed by atoms with van der Waals surface area (Å²) >= 11 is 0. The zero-order valence-corrected chi connectivity index (χ0v) is 15.1. The van der Waals surface area contributed by atoms with Gasteiger partial charge in [-0.3, -0.25) is 0 Å². The van der Waals surface area contributed by atoms with Crippen molar-refractivity contribution in [1.29, 1.82) is 5.26 Å². The van der Waals surface area contributed by atoms with E-state index in [9.17, 15) is 9.50 Å². The van der Waals surface area contributed by atoms with Crippen LogP contribution in [0.3, 0.4) is 0 Å². The molecule has 3 N–H and O–H groups in total. The molecule has 2 aromatic rings. The first-order chi connectivity index (χ1) is 12.4. The average Bonchev–Trinajstić information content (AvgIpc) is 2.64. The van der Waals surface area contributed by atoms with Crippen LogP contribution in [0.4, 0.5) is 10.1 Å². The van der Waals surface area contributed by atoms with Crippen LogP contribution in [-0.2, 0) is 6.42 Å². The third-order valence-electron chi connectivity index (χ3n) is 4.31. The molecular weight excluding hydrogens is 333 g/mol. The van der Waals surface area contributed by atoms with Gasteiger partial charge < -0.3 is 20.5 Å². The SMILES string of the molecule is COc1ccc(CCCN(C)CC(O)c2cc(F)c(N)c(C#N)c2)cc1. The Bertz CT molecular complexity index is 772. The topological polar surface area (TPSA) is 82.5 Å². The summed E-state index contributed by atoms with van der Waals surface area (Å²) in [5.41, 5.74) is 6.94. The van der Waals surface area contributed by atoms with E-state index in [1.165, 1.54) is 17.7 Å². The van der Waals surface area contributed by atoms with Gasteiger partial charge in [0.25, 0.3) is 0 Å². The minimum Gasteiger partial charge on any atom is -0.497 e. The predicted octanol–water partition coefficient (Wildman–Crippen LogP) is 2.89. The largest absolute Gasteiger partial charge is 0.497 e. The van der Waals surface area contributed by atoms with Crippen LogP contribution in [0.5, 0.6) is 5.75 Å². The Morgan fingerprint density at radius 1 is 1.31 bits per heavy atom. The van der Waals surface area contributed by atoms with E-state index in [4.69, 9.17) is 15.7 Å². The molecule has 0 fully saturated rings. The number of likely N-dealkylation sites (N-methyl/N-ethyl adjacent to an activating group) is 1. The molecule has 0 bridgehead atoms. The summed E-state index contributed by atoms with van der Waals surface area (Å²) in [6, 6.07) is 12.4. The van der Waals surface area contributed by atoms with Crippen LogP contribution in [0.25, 0.3) is 0 Å². The number of hydrogen-bond acceptors (Lipinski definition) is 5. The highest BCUT2D eigenvalue weighted by atomic mass is 19.1. The first kappa shape index (κ1) is 19.7. The van der Waals surface area contributed by atoms with E-state index in [0.717, 1.165) is 25.1 Å². The molecule has 1 atom stereocenters. The Labute approximate surface area is 153 Å². The minimum absolute atomic E-state index is 0.0428. The summed E-state index contributed by atoms with van der Waals surface area (Å²) in [4.78, 5) is 1.98. The lowest BCUT2D eigenvalue weighted by Crippen LogP contribution is -2.26. The monoisotopic (exact) mass is 357 g/mol. The molecule has 5 nitrogen and oxygen atoms in total. The molecular formula is C20H24FN3O2. The van der Waals surface area contributed by atoms with Gasteiger partial charge in [0.05, 0.1) is 24.5 Å². The van der Waals surface area contributed by atoms with Crippen LogP contribution in [0.2, 0.25) is 0 Å². The Balaban J connectivity index is 1.86. The highest BCUT2D eigenvalue weighted by molar-refractivity contribution is 5.56. The summed E-state index contributed by atoms with van der Waals surface area (Å²) in [6.07, 6.45) is 0.956. The molecule has 0 heterocycles. The maximum atomic E-state index is 13.8. The zero-order valence-electron chi connectivity index (χ0n) is 15.1. The number of hydrogen-bond donors (Lipinski definition) is 2. The standard InChI is InChI=1S/C20H24FN3O2/c1-24(9-3-4-14-5-7-17(26-2)8-6-14)13-19(25)15-10-16(12-22)20(23)18(21)11-15/h5-8,10-11,19,25H,3-4,9,13,23H2,1-2H3. The van der Waals surface area contributed by atoms with Crippen molar-refractivity contribution < 1.29 is 14.2 Å². The molecule has 6 heteroatoms. The second-order valence-electron chi connectivity index (χ2n) is 6.31. The normalized spacial score (nSPS) is 12.0. The van der Waals surface area contributed by atoms with E-state index in [-0.39, 0.29) is 11.3 Å². The number of methoxy groups -OCH3 is 1. The molecule has 26 heavy (non-hydrogen) atoms. The van der Waals surface area contributed by atoms with E-state index in [1.54, 1.807) is 7.11 Å². The van der Waals surface area contributed by atoms with Gasteiger partial charge in [0.2, 0.25) is 0 Å². The molecule has 0 spiro atoms. The fourth-order valence-electron chi connectivity index (χ4n) is 2.76. The van der Waals surface area contributed by atoms with E-state index in [2.05, 4.69) is 0 Å². The molecule has 0 saturated heterocycles. The summed E-state index contributed by atoms with van der Waals surface area (Å²) in [7, 11) is 3.54. The Morgan fingerprint density at radius 2 is 2.00 bits per heavy atom. The van der Waals surface area contributed by atoms with E-state index >= 15 is 0 Å². The number of benzene rings is 2. The molecule has 0 saturated carbocycles. The fourth-order valence-corrected chi connectivity index (χ4v) is 2.76. The lowest BCUT2D eigenvalue weighted by atomic mass is 10.0. The number of halogens is 1. The smallest absolute Gasteiger partial charge is 0.147 e.